The summed E-state index contributed by atoms with van der Waals surface area (Å²) >= 11 is 0. The fourth-order valence-corrected chi connectivity index (χ4v) is 2.45. The first-order chi connectivity index (χ1) is 9.78. The Morgan fingerprint density at radius 3 is 2.60 bits per heavy atom. The van der Waals surface area contributed by atoms with Crippen LogP contribution in [0.2, 0.25) is 0 Å². The zero-order valence-corrected chi connectivity index (χ0v) is 11.3. The summed E-state index contributed by atoms with van der Waals surface area (Å²) in [7, 11) is 0. The van der Waals surface area contributed by atoms with E-state index in [9.17, 15) is 0 Å². The maximum Gasteiger partial charge on any atom is 0.111 e. The van der Waals surface area contributed by atoms with Crippen molar-refractivity contribution >= 4 is 16.7 Å². The first kappa shape index (κ1) is 12.7. The van der Waals surface area contributed by atoms with Gasteiger partial charge in [0.25, 0.3) is 0 Å². The van der Waals surface area contributed by atoms with E-state index in [4.69, 9.17) is 11.5 Å². The Hall–Kier alpha value is -2.33. The number of aromatic nitrogens is 2. The first-order valence-corrected chi connectivity index (χ1v) is 6.76. The third-order valence-electron chi connectivity index (χ3n) is 3.40. The van der Waals surface area contributed by atoms with Crippen molar-refractivity contribution in [2.75, 3.05) is 12.3 Å². The summed E-state index contributed by atoms with van der Waals surface area (Å²) in [6.45, 7) is 1.38. The minimum Gasteiger partial charge on any atom is -0.399 e. The van der Waals surface area contributed by atoms with Crippen LogP contribution in [-0.4, -0.2) is 16.1 Å². The molecule has 3 rings (SSSR count). The average Bonchev–Trinajstić information content (AvgIpc) is 2.78. The monoisotopic (exact) mass is 266 g/mol. The van der Waals surface area contributed by atoms with Crippen molar-refractivity contribution in [3.8, 4) is 0 Å². The molecule has 4 N–H and O–H groups in total. The molecule has 0 amide bonds. The van der Waals surface area contributed by atoms with Crippen molar-refractivity contribution in [3.63, 3.8) is 0 Å². The number of benzene rings is 2. The van der Waals surface area contributed by atoms with Crippen molar-refractivity contribution in [2.45, 2.75) is 13.0 Å². The fraction of sp³-hybridized carbons (Fsp3) is 0.188. The van der Waals surface area contributed by atoms with E-state index in [0.29, 0.717) is 6.54 Å². The second-order valence-electron chi connectivity index (χ2n) is 4.89. The summed E-state index contributed by atoms with van der Waals surface area (Å²) < 4.78 is 2.20. The fourth-order valence-electron chi connectivity index (χ4n) is 2.45. The van der Waals surface area contributed by atoms with Crippen LogP contribution in [0.1, 0.15) is 11.4 Å². The molecule has 2 aromatic carbocycles. The third-order valence-corrected chi connectivity index (χ3v) is 3.40. The van der Waals surface area contributed by atoms with Crippen LogP contribution in [0.3, 0.4) is 0 Å². The lowest BCUT2D eigenvalue weighted by Gasteiger charge is -2.09. The SMILES string of the molecule is NCCc1nc2ccc(N)cc2n1Cc1ccccc1. The average molecular weight is 266 g/mol. The Balaban J connectivity index is 2.10. The van der Waals surface area contributed by atoms with Crippen LogP contribution >= 0.6 is 0 Å². The van der Waals surface area contributed by atoms with Crippen LogP contribution in [0.5, 0.6) is 0 Å². The number of nitrogens with zero attached hydrogens (tertiary/aromatic N) is 2. The number of hydrogen-bond acceptors (Lipinski definition) is 3. The highest BCUT2D eigenvalue weighted by molar-refractivity contribution is 5.79. The normalized spacial score (nSPS) is 11.1. The van der Waals surface area contributed by atoms with E-state index in [-0.39, 0.29) is 0 Å². The number of nitrogens with two attached hydrogens (primary N) is 2. The van der Waals surface area contributed by atoms with Crippen molar-refractivity contribution in [3.05, 3.63) is 59.9 Å². The molecule has 20 heavy (non-hydrogen) atoms. The van der Waals surface area contributed by atoms with Gasteiger partial charge in [-0.2, -0.15) is 0 Å². The molecule has 1 heterocycles. The molecule has 0 saturated carbocycles. The smallest absolute Gasteiger partial charge is 0.111 e. The number of imidazole rings is 1. The summed E-state index contributed by atoms with van der Waals surface area (Å²) in [5.41, 5.74) is 15.6. The highest BCUT2D eigenvalue weighted by Crippen LogP contribution is 2.21. The van der Waals surface area contributed by atoms with Crippen LogP contribution in [0.15, 0.2) is 48.5 Å². The van der Waals surface area contributed by atoms with E-state index in [0.717, 1.165) is 35.5 Å². The van der Waals surface area contributed by atoms with E-state index in [1.54, 1.807) is 0 Å². The number of anilines is 1. The van der Waals surface area contributed by atoms with E-state index in [2.05, 4.69) is 21.7 Å². The molecule has 102 valence electrons. The molecule has 0 bridgehead atoms. The molecule has 1 aromatic heterocycles. The largest absolute Gasteiger partial charge is 0.399 e. The van der Waals surface area contributed by atoms with Gasteiger partial charge in [-0.15, -0.1) is 0 Å². The maximum absolute atomic E-state index is 5.90. The topological polar surface area (TPSA) is 69.9 Å². The van der Waals surface area contributed by atoms with Crippen LogP contribution < -0.4 is 11.5 Å². The summed E-state index contributed by atoms with van der Waals surface area (Å²) in [5, 5.41) is 0. The molecule has 4 nitrogen and oxygen atoms in total. The van der Waals surface area contributed by atoms with Gasteiger partial charge in [0.1, 0.15) is 5.82 Å². The molecule has 0 aliphatic carbocycles. The Bertz CT molecular complexity index is 716. The first-order valence-electron chi connectivity index (χ1n) is 6.76. The molecular formula is C16H18N4. The number of hydrogen-bond donors (Lipinski definition) is 2. The quantitative estimate of drug-likeness (QED) is 0.711. The molecule has 0 spiro atoms. The van der Waals surface area contributed by atoms with E-state index in [1.165, 1.54) is 5.56 Å². The lowest BCUT2D eigenvalue weighted by atomic mass is 10.2. The number of rotatable bonds is 4. The molecule has 3 aromatic rings. The zero-order chi connectivity index (χ0) is 13.9. The number of fused-ring (bicyclic) bond motifs is 1. The van der Waals surface area contributed by atoms with Crippen LogP contribution in [0, 0.1) is 0 Å². The van der Waals surface area contributed by atoms with Gasteiger partial charge in [-0.1, -0.05) is 30.3 Å². The standard InChI is InChI=1S/C16H18N4/c17-9-8-16-19-14-7-6-13(18)10-15(14)20(16)11-12-4-2-1-3-5-12/h1-7,10H,8-9,11,17-18H2. The molecule has 0 unspecified atom stereocenters. The third kappa shape index (κ3) is 2.38. The molecule has 0 atom stereocenters. The highest BCUT2D eigenvalue weighted by atomic mass is 15.1. The molecule has 0 radical (unpaired) electrons. The lowest BCUT2D eigenvalue weighted by Crippen LogP contribution is -2.10. The maximum atomic E-state index is 5.90. The van der Waals surface area contributed by atoms with E-state index >= 15 is 0 Å². The lowest BCUT2D eigenvalue weighted by molar-refractivity contribution is 0.735. The van der Waals surface area contributed by atoms with Crippen molar-refractivity contribution in [2.24, 2.45) is 5.73 Å². The summed E-state index contributed by atoms with van der Waals surface area (Å²) in [4.78, 5) is 4.67. The molecular weight excluding hydrogens is 248 g/mol. The Morgan fingerprint density at radius 2 is 1.85 bits per heavy atom. The van der Waals surface area contributed by atoms with Crippen molar-refractivity contribution < 1.29 is 0 Å². The van der Waals surface area contributed by atoms with Crippen molar-refractivity contribution in [1.82, 2.24) is 9.55 Å². The molecule has 0 fully saturated rings. The van der Waals surface area contributed by atoms with Gasteiger partial charge in [-0.25, -0.2) is 4.98 Å². The Kier molecular flexibility index (Phi) is 3.39. The Labute approximate surface area is 118 Å². The van der Waals surface area contributed by atoms with Gasteiger partial charge >= 0.3 is 0 Å². The van der Waals surface area contributed by atoms with Gasteiger partial charge in [-0.05, 0) is 30.3 Å². The van der Waals surface area contributed by atoms with Crippen LogP contribution in [0.4, 0.5) is 5.69 Å². The molecule has 0 saturated heterocycles. The van der Waals surface area contributed by atoms with Crippen molar-refractivity contribution in [1.29, 1.82) is 0 Å². The van der Waals surface area contributed by atoms with Gasteiger partial charge in [0.05, 0.1) is 11.0 Å². The van der Waals surface area contributed by atoms with Gasteiger partial charge < -0.3 is 16.0 Å². The number of nitrogen functional groups attached to an aromatic ring is 1. The predicted molar refractivity (Wildman–Crippen MR) is 82.4 cm³/mol. The highest BCUT2D eigenvalue weighted by Gasteiger charge is 2.10. The van der Waals surface area contributed by atoms with Gasteiger partial charge in [-0.3, -0.25) is 0 Å². The zero-order valence-electron chi connectivity index (χ0n) is 11.3. The second-order valence-corrected chi connectivity index (χ2v) is 4.89. The van der Waals surface area contributed by atoms with E-state index < -0.39 is 0 Å². The molecule has 4 heteroatoms. The van der Waals surface area contributed by atoms with E-state index in [1.807, 2.05) is 36.4 Å². The predicted octanol–water partition coefficient (Wildman–Crippen LogP) is 2.17. The minimum absolute atomic E-state index is 0.591. The van der Waals surface area contributed by atoms with Gasteiger partial charge in [0, 0.05) is 18.7 Å². The summed E-state index contributed by atoms with van der Waals surface area (Å²) in [5.74, 6) is 1.01. The van der Waals surface area contributed by atoms with Gasteiger partial charge in [0.15, 0.2) is 0 Å². The van der Waals surface area contributed by atoms with Gasteiger partial charge in [0.2, 0.25) is 0 Å². The molecule has 0 aliphatic rings. The molecule has 0 aliphatic heterocycles. The minimum atomic E-state index is 0.591. The summed E-state index contributed by atoms with van der Waals surface area (Å²) in [6.07, 6.45) is 0.765. The second kappa shape index (κ2) is 5.35. The van der Waals surface area contributed by atoms with Crippen LogP contribution in [0.25, 0.3) is 11.0 Å². The van der Waals surface area contributed by atoms with Crippen LogP contribution in [-0.2, 0) is 13.0 Å². The Morgan fingerprint density at radius 1 is 1.05 bits per heavy atom. The summed E-state index contributed by atoms with van der Waals surface area (Å²) in [6, 6.07) is 16.2.